The van der Waals surface area contributed by atoms with Crippen LogP contribution < -0.4 is 15.2 Å². The third-order valence-electron chi connectivity index (χ3n) is 4.67. The van der Waals surface area contributed by atoms with Crippen LogP contribution in [0.25, 0.3) is 0 Å². The predicted molar refractivity (Wildman–Crippen MR) is 119 cm³/mol. The molecule has 0 radical (unpaired) electrons. The molecular formula is C24H30N2O7. The van der Waals surface area contributed by atoms with Crippen molar-refractivity contribution in [2.45, 2.75) is 46.5 Å². The second kappa shape index (κ2) is 12.4. The highest BCUT2D eigenvalue weighted by Crippen LogP contribution is 2.43. The predicted octanol–water partition coefficient (Wildman–Crippen LogP) is 3.45. The summed E-state index contributed by atoms with van der Waals surface area (Å²) in [5.41, 5.74) is 6.60. The molecule has 1 atom stereocenters. The molecule has 0 saturated carbocycles. The Balaban J connectivity index is 2.67. The minimum atomic E-state index is -0.924. The normalized spacial score (nSPS) is 15.4. The van der Waals surface area contributed by atoms with E-state index in [1.807, 2.05) is 19.9 Å². The summed E-state index contributed by atoms with van der Waals surface area (Å²) in [6.45, 7) is 8.30. The lowest BCUT2D eigenvalue weighted by molar-refractivity contribution is -0.143. The molecule has 0 aliphatic carbocycles. The van der Waals surface area contributed by atoms with Crippen molar-refractivity contribution in [3.05, 3.63) is 46.6 Å². The number of nitriles is 1. The topological polar surface area (TPSA) is 130 Å². The summed E-state index contributed by atoms with van der Waals surface area (Å²) in [4.78, 5) is 25.2. The second-order valence-electron chi connectivity index (χ2n) is 6.95. The van der Waals surface area contributed by atoms with Crippen LogP contribution in [-0.4, -0.2) is 38.4 Å². The van der Waals surface area contributed by atoms with Crippen molar-refractivity contribution >= 4 is 11.9 Å². The molecule has 2 N–H and O–H groups in total. The number of hydrogen-bond acceptors (Lipinski definition) is 9. The first-order valence-electron chi connectivity index (χ1n) is 10.9. The maximum Gasteiger partial charge on any atom is 0.338 e. The Morgan fingerprint density at radius 3 is 2.39 bits per heavy atom. The van der Waals surface area contributed by atoms with Crippen LogP contribution in [0.5, 0.6) is 11.5 Å². The molecule has 2 rings (SSSR count). The van der Waals surface area contributed by atoms with E-state index < -0.39 is 17.9 Å². The molecule has 0 fully saturated rings. The van der Waals surface area contributed by atoms with Gasteiger partial charge in [0, 0.05) is 0 Å². The lowest BCUT2D eigenvalue weighted by Gasteiger charge is -2.28. The van der Waals surface area contributed by atoms with Crippen molar-refractivity contribution in [3.8, 4) is 17.6 Å². The molecule has 33 heavy (non-hydrogen) atoms. The summed E-state index contributed by atoms with van der Waals surface area (Å²) >= 11 is 0. The zero-order valence-electron chi connectivity index (χ0n) is 19.4. The largest absolute Gasteiger partial charge is 0.490 e. The molecule has 9 nitrogen and oxygen atoms in total. The highest BCUT2D eigenvalue weighted by atomic mass is 16.5. The Hall–Kier alpha value is -3.67. The van der Waals surface area contributed by atoms with E-state index in [1.54, 1.807) is 32.0 Å². The number of nitrogens with two attached hydrogens (primary N) is 1. The SMILES string of the molecule is CCCOc1ccc([C@@H]2C(C#N)=C(N)OC(CC(=O)OCC)=C2C(=O)OCC)cc1OCC. The molecule has 1 aromatic carbocycles. The minimum absolute atomic E-state index is 0.0142. The van der Waals surface area contributed by atoms with Gasteiger partial charge < -0.3 is 29.4 Å². The van der Waals surface area contributed by atoms with Gasteiger partial charge in [0.05, 0.1) is 37.9 Å². The number of allylic oxidation sites excluding steroid dienone is 1. The van der Waals surface area contributed by atoms with Gasteiger partial charge in [0.1, 0.15) is 23.8 Å². The van der Waals surface area contributed by atoms with Gasteiger partial charge in [0.15, 0.2) is 11.5 Å². The van der Waals surface area contributed by atoms with Crippen LogP contribution in [0.2, 0.25) is 0 Å². The fourth-order valence-corrected chi connectivity index (χ4v) is 3.36. The van der Waals surface area contributed by atoms with Gasteiger partial charge in [0.25, 0.3) is 0 Å². The first-order chi connectivity index (χ1) is 15.9. The smallest absolute Gasteiger partial charge is 0.338 e. The van der Waals surface area contributed by atoms with Gasteiger partial charge in [-0.15, -0.1) is 0 Å². The van der Waals surface area contributed by atoms with Gasteiger partial charge in [-0.05, 0) is 44.9 Å². The van der Waals surface area contributed by atoms with Crippen LogP contribution in [0.3, 0.4) is 0 Å². The van der Waals surface area contributed by atoms with Gasteiger partial charge in [-0.25, -0.2) is 4.79 Å². The molecule has 9 heteroatoms. The summed E-state index contributed by atoms with van der Waals surface area (Å²) < 4.78 is 27.3. The summed E-state index contributed by atoms with van der Waals surface area (Å²) in [7, 11) is 0. The molecule has 0 aromatic heterocycles. The zero-order valence-corrected chi connectivity index (χ0v) is 19.4. The number of esters is 2. The average molecular weight is 459 g/mol. The first kappa shape index (κ1) is 25.6. The summed E-state index contributed by atoms with van der Waals surface area (Å²) in [6.07, 6.45) is 0.478. The van der Waals surface area contributed by atoms with Crippen LogP contribution in [-0.2, 0) is 23.8 Å². The van der Waals surface area contributed by atoms with Crippen LogP contribution in [0.1, 0.15) is 52.0 Å². The summed E-state index contributed by atoms with van der Waals surface area (Å²) in [5, 5.41) is 9.83. The number of carbonyl (C=O) groups is 2. The average Bonchev–Trinajstić information content (AvgIpc) is 2.78. The van der Waals surface area contributed by atoms with Crippen molar-refractivity contribution in [2.24, 2.45) is 5.73 Å². The quantitative estimate of drug-likeness (QED) is 0.495. The third kappa shape index (κ3) is 6.19. The lowest BCUT2D eigenvalue weighted by atomic mass is 9.82. The van der Waals surface area contributed by atoms with Crippen molar-refractivity contribution in [3.63, 3.8) is 0 Å². The minimum Gasteiger partial charge on any atom is -0.490 e. The summed E-state index contributed by atoms with van der Waals surface area (Å²) in [5.74, 6) is -1.45. The Kier molecular flexibility index (Phi) is 9.61. The van der Waals surface area contributed by atoms with E-state index in [-0.39, 0.29) is 42.4 Å². The highest BCUT2D eigenvalue weighted by Gasteiger charge is 2.38. The number of nitrogens with zero attached hydrogens (tertiary/aromatic N) is 1. The first-order valence-corrected chi connectivity index (χ1v) is 10.9. The van der Waals surface area contributed by atoms with E-state index in [0.29, 0.717) is 30.3 Å². The van der Waals surface area contributed by atoms with E-state index in [4.69, 9.17) is 29.4 Å². The molecule has 1 heterocycles. The van der Waals surface area contributed by atoms with E-state index in [2.05, 4.69) is 0 Å². The number of carbonyl (C=O) groups excluding carboxylic acids is 2. The fourth-order valence-electron chi connectivity index (χ4n) is 3.36. The Bertz CT molecular complexity index is 976. The van der Waals surface area contributed by atoms with Crippen LogP contribution >= 0.6 is 0 Å². The van der Waals surface area contributed by atoms with Crippen LogP contribution in [0.15, 0.2) is 41.0 Å². The summed E-state index contributed by atoms with van der Waals surface area (Å²) in [6, 6.07) is 7.15. The molecule has 1 aliphatic rings. The maximum atomic E-state index is 13.0. The van der Waals surface area contributed by atoms with Crippen molar-refractivity contribution in [2.75, 3.05) is 26.4 Å². The lowest BCUT2D eigenvalue weighted by Crippen LogP contribution is -2.27. The standard InChI is InChI=1S/C24H30N2O7/c1-5-11-32-17-10-9-15(12-18(17)29-6-2)21-16(14-25)23(26)33-19(13-20(27)30-7-3)22(21)24(28)31-8-4/h9-10,12,21H,5-8,11,13,26H2,1-4H3/t21-/m1/s1. The molecule has 1 aromatic rings. The highest BCUT2D eigenvalue weighted by molar-refractivity contribution is 5.93. The maximum absolute atomic E-state index is 13.0. The Labute approximate surface area is 193 Å². The molecule has 0 bridgehead atoms. The Morgan fingerprint density at radius 1 is 1.06 bits per heavy atom. The number of hydrogen-bond donors (Lipinski definition) is 1. The second-order valence-corrected chi connectivity index (χ2v) is 6.95. The van der Waals surface area contributed by atoms with E-state index >= 15 is 0 Å². The molecule has 0 spiro atoms. The third-order valence-corrected chi connectivity index (χ3v) is 4.67. The van der Waals surface area contributed by atoms with Crippen molar-refractivity contribution in [1.82, 2.24) is 0 Å². The molecule has 178 valence electrons. The van der Waals surface area contributed by atoms with Crippen LogP contribution in [0, 0.1) is 11.3 Å². The molecule has 0 amide bonds. The van der Waals surface area contributed by atoms with Crippen molar-refractivity contribution < 1.29 is 33.3 Å². The van der Waals surface area contributed by atoms with Crippen LogP contribution in [0.4, 0.5) is 0 Å². The molecule has 1 aliphatic heterocycles. The number of benzene rings is 1. The van der Waals surface area contributed by atoms with Crippen molar-refractivity contribution in [1.29, 1.82) is 5.26 Å². The molecular weight excluding hydrogens is 428 g/mol. The Morgan fingerprint density at radius 2 is 1.79 bits per heavy atom. The number of rotatable bonds is 11. The van der Waals surface area contributed by atoms with E-state index in [1.165, 1.54) is 0 Å². The van der Waals surface area contributed by atoms with Gasteiger partial charge in [0.2, 0.25) is 5.88 Å². The molecule has 0 saturated heterocycles. The zero-order chi connectivity index (χ0) is 24.4. The molecule has 0 unspecified atom stereocenters. The van der Waals surface area contributed by atoms with Gasteiger partial charge in [-0.3, -0.25) is 4.79 Å². The van der Waals surface area contributed by atoms with Gasteiger partial charge >= 0.3 is 11.9 Å². The number of ether oxygens (including phenoxy) is 5. The fraction of sp³-hybridized carbons (Fsp3) is 0.458. The van der Waals surface area contributed by atoms with E-state index in [9.17, 15) is 14.9 Å². The van der Waals surface area contributed by atoms with Gasteiger partial charge in [-0.1, -0.05) is 13.0 Å². The van der Waals surface area contributed by atoms with Gasteiger partial charge in [-0.2, -0.15) is 5.26 Å². The van der Waals surface area contributed by atoms with E-state index in [0.717, 1.165) is 6.42 Å². The monoisotopic (exact) mass is 458 g/mol.